The lowest BCUT2D eigenvalue weighted by atomic mass is 10.1. The highest BCUT2D eigenvalue weighted by molar-refractivity contribution is 5.95. The highest BCUT2D eigenvalue weighted by atomic mass is 16.5. The molecule has 0 aliphatic carbocycles. The third-order valence-corrected chi connectivity index (χ3v) is 4.69. The summed E-state index contributed by atoms with van der Waals surface area (Å²) in [5.41, 5.74) is 1.43. The van der Waals surface area contributed by atoms with Crippen molar-refractivity contribution in [3.63, 3.8) is 0 Å². The summed E-state index contributed by atoms with van der Waals surface area (Å²) in [5.74, 6) is 0.905. The van der Waals surface area contributed by atoms with Gasteiger partial charge < -0.3 is 14.5 Å². The van der Waals surface area contributed by atoms with E-state index in [1.165, 1.54) is 12.8 Å². The van der Waals surface area contributed by atoms with Gasteiger partial charge in [0, 0.05) is 43.8 Å². The molecule has 0 aromatic carbocycles. The van der Waals surface area contributed by atoms with Gasteiger partial charge in [-0.1, -0.05) is 0 Å². The Bertz CT molecular complexity index is 733. The predicted molar refractivity (Wildman–Crippen MR) is 92.3 cm³/mol. The second-order valence-corrected chi connectivity index (χ2v) is 6.34. The fourth-order valence-electron chi connectivity index (χ4n) is 3.34. The summed E-state index contributed by atoms with van der Waals surface area (Å²) in [4.78, 5) is 29.8. The number of carbonyl (C=O) groups is 1. The van der Waals surface area contributed by atoms with Crippen LogP contribution in [0, 0.1) is 0 Å². The molecule has 1 atom stereocenters. The first-order chi connectivity index (χ1) is 12.3. The summed E-state index contributed by atoms with van der Waals surface area (Å²) in [6.07, 6.45) is 8.83. The van der Waals surface area contributed by atoms with E-state index >= 15 is 0 Å². The molecule has 2 fully saturated rings. The summed E-state index contributed by atoms with van der Waals surface area (Å²) < 4.78 is 5.77. The molecule has 2 saturated heterocycles. The van der Waals surface area contributed by atoms with E-state index in [9.17, 15) is 4.79 Å². The molecule has 0 saturated carbocycles. The Morgan fingerprint density at radius 2 is 2.00 bits per heavy atom. The van der Waals surface area contributed by atoms with Crippen LogP contribution in [0.15, 0.2) is 36.9 Å². The van der Waals surface area contributed by atoms with Gasteiger partial charge in [0.15, 0.2) is 0 Å². The smallest absolute Gasteiger partial charge is 0.254 e. The third kappa shape index (κ3) is 3.46. The molecule has 25 heavy (non-hydrogen) atoms. The van der Waals surface area contributed by atoms with Gasteiger partial charge in [-0.2, -0.15) is 0 Å². The first-order valence-corrected chi connectivity index (χ1v) is 8.69. The monoisotopic (exact) mass is 339 g/mol. The number of nitrogens with zero attached hydrogens (tertiary/aromatic N) is 5. The van der Waals surface area contributed by atoms with Crippen LogP contribution in [0.25, 0.3) is 0 Å². The predicted octanol–water partition coefficient (Wildman–Crippen LogP) is 1.69. The highest BCUT2D eigenvalue weighted by Gasteiger charge is 2.27. The molecule has 0 radical (unpaired) electrons. The number of carbonyl (C=O) groups excluding carboxylic acids is 1. The van der Waals surface area contributed by atoms with Crippen molar-refractivity contribution >= 4 is 11.7 Å². The molecule has 0 spiro atoms. The summed E-state index contributed by atoms with van der Waals surface area (Å²) >= 11 is 0. The SMILES string of the molecule is O=C(c1ccnc(N2CCCC2)c1)N1CCO[C@@H](c2cnccn2)C1. The van der Waals surface area contributed by atoms with Gasteiger partial charge in [-0.25, -0.2) is 4.98 Å². The Balaban J connectivity index is 1.49. The maximum atomic E-state index is 12.9. The number of hydrogen-bond acceptors (Lipinski definition) is 6. The first-order valence-electron chi connectivity index (χ1n) is 8.69. The summed E-state index contributed by atoms with van der Waals surface area (Å²) in [5, 5.41) is 0. The van der Waals surface area contributed by atoms with Crippen LogP contribution in [0.3, 0.4) is 0 Å². The molecule has 2 aromatic heterocycles. The van der Waals surface area contributed by atoms with E-state index in [0.29, 0.717) is 25.3 Å². The normalized spacial score (nSPS) is 20.7. The van der Waals surface area contributed by atoms with Crippen LogP contribution in [-0.4, -0.2) is 58.5 Å². The third-order valence-electron chi connectivity index (χ3n) is 4.69. The van der Waals surface area contributed by atoms with E-state index in [1.54, 1.807) is 30.9 Å². The average Bonchev–Trinajstić information content (AvgIpc) is 3.23. The van der Waals surface area contributed by atoms with Gasteiger partial charge in [-0.05, 0) is 25.0 Å². The zero-order valence-electron chi connectivity index (χ0n) is 14.0. The Hall–Kier alpha value is -2.54. The summed E-state index contributed by atoms with van der Waals surface area (Å²) in [6, 6.07) is 3.69. The quantitative estimate of drug-likeness (QED) is 0.847. The van der Waals surface area contributed by atoms with Gasteiger partial charge in [0.05, 0.1) is 25.0 Å². The molecular formula is C18H21N5O2. The molecule has 0 unspecified atom stereocenters. The topological polar surface area (TPSA) is 71.5 Å². The van der Waals surface area contributed by atoms with Crippen LogP contribution in [0.4, 0.5) is 5.82 Å². The second-order valence-electron chi connectivity index (χ2n) is 6.34. The fraction of sp³-hybridized carbons (Fsp3) is 0.444. The molecule has 2 aliphatic heterocycles. The maximum absolute atomic E-state index is 12.9. The minimum absolute atomic E-state index is 0.0139. The minimum Gasteiger partial charge on any atom is -0.368 e. The zero-order valence-corrected chi connectivity index (χ0v) is 14.0. The molecule has 130 valence electrons. The van der Waals surface area contributed by atoms with Crippen LogP contribution < -0.4 is 4.90 Å². The van der Waals surface area contributed by atoms with Crippen molar-refractivity contribution in [2.75, 3.05) is 37.7 Å². The average molecular weight is 339 g/mol. The number of hydrogen-bond donors (Lipinski definition) is 0. The number of anilines is 1. The molecule has 1 amide bonds. The molecule has 4 rings (SSSR count). The number of rotatable bonds is 3. The Labute approximate surface area is 146 Å². The van der Waals surface area contributed by atoms with Gasteiger partial charge in [0.25, 0.3) is 5.91 Å². The number of pyridine rings is 1. The number of amides is 1. The van der Waals surface area contributed by atoms with Crippen LogP contribution >= 0.6 is 0 Å². The largest absolute Gasteiger partial charge is 0.368 e. The van der Waals surface area contributed by atoms with E-state index in [2.05, 4.69) is 19.9 Å². The van der Waals surface area contributed by atoms with Crippen molar-refractivity contribution < 1.29 is 9.53 Å². The van der Waals surface area contributed by atoms with Crippen LogP contribution in [-0.2, 0) is 4.74 Å². The zero-order chi connectivity index (χ0) is 17.1. The lowest BCUT2D eigenvalue weighted by Crippen LogP contribution is -2.42. The second kappa shape index (κ2) is 7.14. The molecule has 7 heteroatoms. The van der Waals surface area contributed by atoms with Crippen molar-refractivity contribution in [3.05, 3.63) is 48.2 Å². The molecule has 0 bridgehead atoms. The van der Waals surface area contributed by atoms with Crippen molar-refractivity contribution in [1.82, 2.24) is 19.9 Å². The molecule has 2 aliphatic rings. The van der Waals surface area contributed by atoms with Crippen LogP contribution in [0.2, 0.25) is 0 Å². The van der Waals surface area contributed by atoms with Crippen LogP contribution in [0.1, 0.15) is 35.0 Å². The highest BCUT2D eigenvalue weighted by Crippen LogP contribution is 2.23. The van der Waals surface area contributed by atoms with Crippen molar-refractivity contribution in [2.24, 2.45) is 0 Å². The fourth-order valence-corrected chi connectivity index (χ4v) is 3.34. The van der Waals surface area contributed by atoms with E-state index < -0.39 is 0 Å². The standard InChI is InChI=1S/C18H21N5O2/c24-18(14-3-4-21-17(11-14)22-7-1-2-8-22)23-9-10-25-16(13-23)15-12-19-5-6-20-15/h3-6,11-12,16H,1-2,7-10,13H2/t16-/m1/s1. The number of ether oxygens (including phenoxy) is 1. The lowest BCUT2D eigenvalue weighted by molar-refractivity contribution is -0.0249. The molecule has 2 aromatic rings. The van der Waals surface area contributed by atoms with Gasteiger partial charge >= 0.3 is 0 Å². The number of aromatic nitrogens is 3. The first kappa shape index (κ1) is 16.0. The minimum atomic E-state index is -0.230. The van der Waals surface area contributed by atoms with Gasteiger partial charge in [0.1, 0.15) is 11.9 Å². The van der Waals surface area contributed by atoms with Crippen molar-refractivity contribution in [2.45, 2.75) is 18.9 Å². The van der Waals surface area contributed by atoms with Gasteiger partial charge in [-0.3, -0.25) is 14.8 Å². The molecule has 7 nitrogen and oxygen atoms in total. The Morgan fingerprint density at radius 1 is 1.12 bits per heavy atom. The maximum Gasteiger partial charge on any atom is 0.254 e. The summed E-state index contributed by atoms with van der Waals surface area (Å²) in [6.45, 7) is 3.58. The molecular weight excluding hydrogens is 318 g/mol. The van der Waals surface area contributed by atoms with E-state index in [1.807, 2.05) is 11.0 Å². The van der Waals surface area contributed by atoms with Crippen molar-refractivity contribution in [3.8, 4) is 0 Å². The number of morpholine rings is 1. The van der Waals surface area contributed by atoms with E-state index in [-0.39, 0.29) is 12.0 Å². The van der Waals surface area contributed by atoms with Gasteiger partial charge in [0.2, 0.25) is 0 Å². The molecule has 4 heterocycles. The summed E-state index contributed by atoms with van der Waals surface area (Å²) in [7, 11) is 0. The molecule has 0 N–H and O–H groups in total. The van der Waals surface area contributed by atoms with Gasteiger partial charge in [-0.15, -0.1) is 0 Å². The Kier molecular flexibility index (Phi) is 4.56. The Morgan fingerprint density at radius 3 is 2.80 bits per heavy atom. The lowest BCUT2D eigenvalue weighted by Gasteiger charge is -2.32. The van der Waals surface area contributed by atoms with E-state index in [4.69, 9.17) is 4.74 Å². The van der Waals surface area contributed by atoms with Crippen molar-refractivity contribution in [1.29, 1.82) is 0 Å². The van der Waals surface area contributed by atoms with E-state index in [0.717, 1.165) is 24.6 Å². The van der Waals surface area contributed by atoms with Crippen LogP contribution in [0.5, 0.6) is 0 Å².